The van der Waals surface area contributed by atoms with Gasteiger partial charge in [-0.3, -0.25) is 9.98 Å². The molecule has 1 aliphatic heterocycles. The Kier molecular flexibility index (Phi) is 4.46. The number of aromatic nitrogens is 3. The van der Waals surface area contributed by atoms with Crippen LogP contribution < -0.4 is 5.32 Å². The van der Waals surface area contributed by atoms with E-state index in [1.54, 1.807) is 0 Å². The van der Waals surface area contributed by atoms with E-state index in [4.69, 9.17) is 9.97 Å². The summed E-state index contributed by atoms with van der Waals surface area (Å²) in [5, 5.41) is 3.45. The first kappa shape index (κ1) is 15.4. The zero-order valence-electron chi connectivity index (χ0n) is 13.9. The maximum atomic E-state index is 4.76. The predicted molar refractivity (Wildman–Crippen MR) is 100 cm³/mol. The average Bonchev–Trinajstić information content (AvgIpc) is 2.69. The average molecular weight is 329 g/mol. The number of fused-ring (bicyclic) bond motifs is 1. The van der Waals surface area contributed by atoms with E-state index in [2.05, 4.69) is 15.3 Å². The van der Waals surface area contributed by atoms with Crippen molar-refractivity contribution in [3.8, 4) is 11.4 Å². The molecule has 0 radical (unpaired) electrons. The van der Waals surface area contributed by atoms with Crippen LogP contribution in [-0.2, 0) is 12.8 Å². The van der Waals surface area contributed by atoms with Crippen LogP contribution in [0.5, 0.6) is 0 Å². The molecule has 1 aromatic carbocycles. The molecule has 0 spiro atoms. The van der Waals surface area contributed by atoms with Crippen molar-refractivity contribution in [2.24, 2.45) is 4.99 Å². The van der Waals surface area contributed by atoms with Crippen molar-refractivity contribution < 1.29 is 0 Å². The topological polar surface area (TPSA) is 63.1 Å². The molecule has 4 rings (SSSR count). The monoisotopic (exact) mass is 329 g/mol. The summed E-state index contributed by atoms with van der Waals surface area (Å²) in [4.78, 5) is 18.3. The predicted octanol–water partition coefficient (Wildman–Crippen LogP) is 3.17. The van der Waals surface area contributed by atoms with Gasteiger partial charge in [0.15, 0.2) is 5.82 Å². The number of hydrogen-bond acceptors (Lipinski definition) is 5. The van der Waals surface area contributed by atoms with Gasteiger partial charge in [0.25, 0.3) is 0 Å². The number of nitrogens with zero attached hydrogens (tertiary/aromatic N) is 4. The Labute approximate surface area is 146 Å². The van der Waals surface area contributed by atoms with Crippen molar-refractivity contribution in [1.82, 2.24) is 15.0 Å². The maximum absolute atomic E-state index is 4.76. The Morgan fingerprint density at radius 2 is 1.84 bits per heavy atom. The normalized spacial score (nSPS) is 12.6. The van der Waals surface area contributed by atoms with E-state index in [-0.39, 0.29) is 0 Å². The van der Waals surface area contributed by atoms with Crippen LogP contribution in [0.25, 0.3) is 11.4 Å². The van der Waals surface area contributed by atoms with Crippen molar-refractivity contribution in [2.45, 2.75) is 12.8 Å². The molecule has 25 heavy (non-hydrogen) atoms. The van der Waals surface area contributed by atoms with E-state index in [0.717, 1.165) is 60.1 Å². The van der Waals surface area contributed by atoms with E-state index in [1.165, 1.54) is 0 Å². The smallest absolute Gasteiger partial charge is 0.161 e. The number of anilines is 1. The van der Waals surface area contributed by atoms with Gasteiger partial charge in [-0.25, -0.2) is 9.97 Å². The molecule has 5 heteroatoms. The highest BCUT2D eigenvalue weighted by Gasteiger charge is 2.16. The molecule has 5 nitrogen and oxygen atoms in total. The summed E-state index contributed by atoms with van der Waals surface area (Å²) in [5.41, 5.74) is 4.16. The fraction of sp³-hybridized carbons (Fsp3) is 0.200. The first-order chi connectivity index (χ1) is 12.4. The van der Waals surface area contributed by atoms with Gasteiger partial charge in [0, 0.05) is 49.6 Å². The highest BCUT2D eigenvalue weighted by atomic mass is 15.0. The fourth-order valence-corrected chi connectivity index (χ4v) is 2.87. The molecule has 124 valence electrons. The molecule has 0 fully saturated rings. The molecule has 0 atom stereocenters. The highest BCUT2D eigenvalue weighted by molar-refractivity contribution is 5.89. The third-order valence-corrected chi connectivity index (χ3v) is 4.15. The summed E-state index contributed by atoms with van der Waals surface area (Å²) >= 11 is 0. The first-order valence-corrected chi connectivity index (χ1v) is 8.50. The second kappa shape index (κ2) is 7.21. The summed E-state index contributed by atoms with van der Waals surface area (Å²) in [5.74, 6) is 1.61. The molecule has 3 heterocycles. The van der Waals surface area contributed by atoms with Crippen LogP contribution in [0, 0.1) is 0 Å². The lowest BCUT2D eigenvalue weighted by atomic mass is 10.1. The minimum absolute atomic E-state index is 0.759. The lowest BCUT2D eigenvalue weighted by Gasteiger charge is -2.16. The highest BCUT2D eigenvalue weighted by Crippen LogP contribution is 2.23. The molecule has 0 unspecified atom stereocenters. The SMILES string of the molecule is C1=NCCc2nc(-c3ccccc3)nc(NCCc3ccccn3)c21. The van der Waals surface area contributed by atoms with Crippen LogP contribution in [0.4, 0.5) is 5.82 Å². The minimum atomic E-state index is 0.759. The van der Waals surface area contributed by atoms with Crippen LogP contribution >= 0.6 is 0 Å². The van der Waals surface area contributed by atoms with E-state index in [1.807, 2.05) is 60.9 Å². The van der Waals surface area contributed by atoms with Crippen molar-refractivity contribution in [1.29, 1.82) is 0 Å². The zero-order valence-corrected chi connectivity index (χ0v) is 13.9. The summed E-state index contributed by atoms with van der Waals surface area (Å²) in [6, 6.07) is 16.1. The fourth-order valence-electron chi connectivity index (χ4n) is 2.87. The molecule has 0 saturated heterocycles. The zero-order chi connectivity index (χ0) is 16.9. The van der Waals surface area contributed by atoms with Crippen molar-refractivity contribution in [3.63, 3.8) is 0 Å². The minimum Gasteiger partial charge on any atom is -0.369 e. The van der Waals surface area contributed by atoms with Gasteiger partial charge in [-0.15, -0.1) is 0 Å². The summed E-state index contributed by atoms with van der Waals surface area (Å²) < 4.78 is 0. The number of benzene rings is 1. The van der Waals surface area contributed by atoms with Crippen molar-refractivity contribution in [3.05, 3.63) is 71.7 Å². The van der Waals surface area contributed by atoms with Gasteiger partial charge in [0.1, 0.15) is 5.82 Å². The van der Waals surface area contributed by atoms with Crippen LogP contribution in [0.2, 0.25) is 0 Å². The molecule has 2 aromatic heterocycles. The molecular weight excluding hydrogens is 310 g/mol. The van der Waals surface area contributed by atoms with E-state index in [9.17, 15) is 0 Å². The Bertz CT molecular complexity index is 875. The molecular formula is C20H19N5. The van der Waals surface area contributed by atoms with Gasteiger partial charge < -0.3 is 5.32 Å². The Hall–Kier alpha value is -3.08. The van der Waals surface area contributed by atoms with Gasteiger partial charge in [-0.1, -0.05) is 36.4 Å². The molecule has 1 N–H and O–H groups in total. The molecule has 1 aliphatic rings. The third kappa shape index (κ3) is 3.55. The quantitative estimate of drug-likeness (QED) is 0.781. The molecule has 0 amide bonds. The van der Waals surface area contributed by atoms with Crippen LogP contribution in [0.1, 0.15) is 17.0 Å². The van der Waals surface area contributed by atoms with Gasteiger partial charge in [-0.2, -0.15) is 0 Å². The standard InChI is InChI=1S/C20H19N5/c1-2-6-15(7-3-1)19-24-18-10-12-21-14-17(18)20(25-19)23-13-9-16-8-4-5-11-22-16/h1-8,11,14H,9-10,12-13H2,(H,23,24,25). The van der Waals surface area contributed by atoms with Gasteiger partial charge in [-0.05, 0) is 12.1 Å². The number of rotatable bonds is 5. The van der Waals surface area contributed by atoms with E-state index < -0.39 is 0 Å². The van der Waals surface area contributed by atoms with Crippen LogP contribution in [-0.4, -0.2) is 34.3 Å². The van der Waals surface area contributed by atoms with Gasteiger partial charge in [0.2, 0.25) is 0 Å². The van der Waals surface area contributed by atoms with Crippen molar-refractivity contribution in [2.75, 3.05) is 18.4 Å². The number of nitrogens with one attached hydrogen (secondary N) is 1. The third-order valence-electron chi connectivity index (χ3n) is 4.15. The molecule has 0 bridgehead atoms. The Morgan fingerprint density at radius 1 is 0.960 bits per heavy atom. The lowest BCUT2D eigenvalue weighted by Crippen LogP contribution is -2.15. The van der Waals surface area contributed by atoms with E-state index >= 15 is 0 Å². The summed E-state index contributed by atoms with van der Waals surface area (Å²) in [7, 11) is 0. The molecule has 3 aromatic rings. The summed E-state index contributed by atoms with van der Waals surface area (Å²) in [6.07, 6.45) is 5.40. The second-order valence-corrected chi connectivity index (χ2v) is 5.91. The first-order valence-electron chi connectivity index (χ1n) is 8.50. The van der Waals surface area contributed by atoms with Crippen LogP contribution in [0.3, 0.4) is 0 Å². The van der Waals surface area contributed by atoms with Gasteiger partial charge in [0.05, 0.1) is 11.3 Å². The maximum Gasteiger partial charge on any atom is 0.161 e. The molecule has 0 saturated carbocycles. The second-order valence-electron chi connectivity index (χ2n) is 5.91. The largest absolute Gasteiger partial charge is 0.369 e. The Morgan fingerprint density at radius 3 is 2.68 bits per heavy atom. The van der Waals surface area contributed by atoms with E-state index in [0.29, 0.717) is 0 Å². The summed E-state index contributed by atoms with van der Waals surface area (Å²) in [6.45, 7) is 1.55. The van der Waals surface area contributed by atoms with Crippen molar-refractivity contribution >= 4 is 12.0 Å². The number of hydrogen-bond donors (Lipinski definition) is 1. The number of pyridine rings is 1. The number of aliphatic imine (C=N–C) groups is 1. The van der Waals surface area contributed by atoms with Gasteiger partial charge >= 0.3 is 0 Å². The Balaban J connectivity index is 1.60. The lowest BCUT2D eigenvalue weighted by molar-refractivity contribution is 0.888. The van der Waals surface area contributed by atoms with Crippen LogP contribution in [0.15, 0.2) is 59.7 Å². The molecule has 0 aliphatic carbocycles.